The zero-order valence-corrected chi connectivity index (χ0v) is 18.8. The minimum absolute atomic E-state index is 0.0582. The Balaban J connectivity index is 2.07. The number of primary amides is 1. The highest BCUT2D eigenvalue weighted by molar-refractivity contribution is 6.07. The van der Waals surface area contributed by atoms with E-state index in [9.17, 15) is 31.5 Å². The molecule has 0 aromatic heterocycles. The molecule has 0 atom stereocenters. The van der Waals surface area contributed by atoms with Crippen LogP contribution in [-0.2, 0) is 5.92 Å². The molecule has 0 bridgehead atoms. The van der Waals surface area contributed by atoms with Crippen molar-refractivity contribution in [3.05, 3.63) is 77.4 Å². The molecule has 3 aromatic carbocycles. The van der Waals surface area contributed by atoms with Crippen LogP contribution >= 0.6 is 0 Å². The first-order chi connectivity index (χ1) is 16.9. The number of ether oxygens (including phenoxy) is 3. The quantitative estimate of drug-likeness (QED) is 0.390. The first-order valence-corrected chi connectivity index (χ1v) is 10.1. The van der Waals surface area contributed by atoms with Crippen molar-refractivity contribution in [1.29, 1.82) is 0 Å². The third-order valence-electron chi connectivity index (χ3n) is 4.94. The molecule has 0 aliphatic carbocycles. The average molecular weight is 510 g/mol. The second kappa shape index (κ2) is 10.1. The fraction of sp³-hybridized carbons (Fsp3) is 0.167. The van der Waals surface area contributed by atoms with Crippen LogP contribution in [-0.4, -0.2) is 32.2 Å². The molecular formula is C24H19F5N2O5. The summed E-state index contributed by atoms with van der Waals surface area (Å²) in [6, 6.07) is 11.3. The number of anilines is 1. The van der Waals surface area contributed by atoms with Crippen LogP contribution in [0.2, 0.25) is 0 Å². The van der Waals surface area contributed by atoms with Gasteiger partial charge in [0.25, 0.3) is 5.91 Å². The molecule has 0 radical (unpaired) electrons. The molecule has 0 heterocycles. The molecule has 3 N–H and O–H groups in total. The number of hydrogen-bond donors (Lipinski definition) is 2. The molecule has 0 aliphatic heterocycles. The Morgan fingerprint density at radius 1 is 0.833 bits per heavy atom. The lowest BCUT2D eigenvalue weighted by molar-refractivity contribution is -0.289. The van der Waals surface area contributed by atoms with E-state index in [4.69, 9.17) is 19.9 Å². The Labute approximate surface area is 201 Å². The smallest absolute Gasteiger partial charge is 0.458 e. The summed E-state index contributed by atoms with van der Waals surface area (Å²) in [5, 5.41) is 2.43. The third kappa shape index (κ3) is 5.48. The number of carbonyl (C=O) groups excluding carboxylic acids is 2. The number of amides is 2. The summed E-state index contributed by atoms with van der Waals surface area (Å²) < 4.78 is 82.9. The number of alkyl halides is 5. The number of rotatable bonds is 8. The highest BCUT2D eigenvalue weighted by Crippen LogP contribution is 2.46. The fourth-order valence-corrected chi connectivity index (χ4v) is 3.08. The summed E-state index contributed by atoms with van der Waals surface area (Å²) in [6.45, 7) is 0. The molecule has 3 aromatic rings. The van der Waals surface area contributed by atoms with Gasteiger partial charge >= 0.3 is 12.1 Å². The van der Waals surface area contributed by atoms with Crippen LogP contribution in [0.5, 0.6) is 23.0 Å². The number of nitrogens with one attached hydrogen (secondary N) is 1. The summed E-state index contributed by atoms with van der Waals surface area (Å²) in [6.07, 6.45) is -5.89. The normalized spacial score (nSPS) is 11.5. The minimum Gasteiger partial charge on any atom is -0.497 e. The van der Waals surface area contributed by atoms with Crippen LogP contribution in [0, 0.1) is 0 Å². The van der Waals surface area contributed by atoms with E-state index in [1.165, 1.54) is 56.7 Å². The number of carbonyl (C=O) groups is 2. The van der Waals surface area contributed by atoms with Crippen LogP contribution in [0.15, 0.2) is 60.7 Å². The molecular weight excluding hydrogens is 491 g/mol. The molecule has 12 heteroatoms. The monoisotopic (exact) mass is 510 g/mol. The second-order valence-electron chi connectivity index (χ2n) is 7.30. The molecule has 0 fully saturated rings. The van der Waals surface area contributed by atoms with Gasteiger partial charge in [0.05, 0.1) is 19.8 Å². The van der Waals surface area contributed by atoms with Crippen molar-refractivity contribution < 1.29 is 45.8 Å². The van der Waals surface area contributed by atoms with Gasteiger partial charge in [-0.2, -0.15) is 22.0 Å². The number of halogens is 5. The Bertz CT molecular complexity index is 1290. The molecule has 190 valence electrons. The molecule has 36 heavy (non-hydrogen) atoms. The Hall–Kier alpha value is -4.35. The van der Waals surface area contributed by atoms with E-state index in [2.05, 4.69) is 5.32 Å². The van der Waals surface area contributed by atoms with Crippen molar-refractivity contribution >= 4 is 17.5 Å². The van der Waals surface area contributed by atoms with Crippen LogP contribution in [0.4, 0.5) is 27.6 Å². The van der Waals surface area contributed by atoms with Gasteiger partial charge in [0.1, 0.15) is 11.5 Å². The van der Waals surface area contributed by atoms with Crippen LogP contribution in [0.1, 0.15) is 26.3 Å². The maximum Gasteiger partial charge on any atom is 0.458 e. The molecule has 2 amide bonds. The number of nitrogens with two attached hydrogens (primary N) is 1. The fourth-order valence-electron chi connectivity index (χ4n) is 3.08. The van der Waals surface area contributed by atoms with Crippen LogP contribution < -0.4 is 25.3 Å². The molecule has 0 saturated heterocycles. The van der Waals surface area contributed by atoms with Crippen molar-refractivity contribution in [3.63, 3.8) is 0 Å². The van der Waals surface area contributed by atoms with E-state index in [-0.39, 0.29) is 28.3 Å². The van der Waals surface area contributed by atoms with E-state index in [1.807, 2.05) is 0 Å². The van der Waals surface area contributed by atoms with Gasteiger partial charge in [0.2, 0.25) is 5.91 Å². The Morgan fingerprint density at radius 3 is 2.17 bits per heavy atom. The standard InChI is InChI=1S/C24H19F5N2O5/c1-34-16-7-9-18(20(12-16)35-2)36-19-11-14(23(25,26)24(27,28)29)6-8-17(19)22(33)31-15-5-3-4-13(10-15)21(30)32/h3-12H,1-2H3,(H2,30,32)(H,31,33). The van der Waals surface area contributed by atoms with E-state index in [0.29, 0.717) is 17.9 Å². The van der Waals surface area contributed by atoms with Gasteiger partial charge < -0.3 is 25.3 Å². The first kappa shape index (κ1) is 26.3. The van der Waals surface area contributed by atoms with E-state index >= 15 is 0 Å². The van der Waals surface area contributed by atoms with Gasteiger partial charge in [0, 0.05) is 22.9 Å². The third-order valence-corrected chi connectivity index (χ3v) is 4.94. The predicted octanol–water partition coefficient (Wildman–Crippen LogP) is 5.50. The zero-order valence-electron chi connectivity index (χ0n) is 18.8. The van der Waals surface area contributed by atoms with E-state index < -0.39 is 35.2 Å². The van der Waals surface area contributed by atoms with Crippen molar-refractivity contribution in [1.82, 2.24) is 0 Å². The van der Waals surface area contributed by atoms with Gasteiger partial charge in [-0.05, 0) is 42.5 Å². The molecule has 7 nitrogen and oxygen atoms in total. The van der Waals surface area contributed by atoms with Gasteiger partial charge in [-0.1, -0.05) is 12.1 Å². The second-order valence-corrected chi connectivity index (χ2v) is 7.30. The largest absolute Gasteiger partial charge is 0.497 e. The summed E-state index contributed by atoms with van der Waals surface area (Å²) >= 11 is 0. The van der Waals surface area contributed by atoms with Crippen molar-refractivity contribution in [2.24, 2.45) is 5.73 Å². The maximum atomic E-state index is 14.1. The van der Waals surface area contributed by atoms with Crippen molar-refractivity contribution in [2.75, 3.05) is 19.5 Å². The Morgan fingerprint density at radius 2 is 1.56 bits per heavy atom. The lowest BCUT2D eigenvalue weighted by Crippen LogP contribution is -2.33. The number of methoxy groups -OCH3 is 2. The average Bonchev–Trinajstić information content (AvgIpc) is 2.83. The lowest BCUT2D eigenvalue weighted by atomic mass is 10.0. The maximum absolute atomic E-state index is 14.1. The molecule has 3 rings (SSSR count). The highest BCUT2D eigenvalue weighted by atomic mass is 19.4. The summed E-state index contributed by atoms with van der Waals surface area (Å²) in [5.74, 6) is -7.19. The van der Waals surface area contributed by atoms with Gasteiger partial charge in [0.15, 0.2) is 11.5 Å². The van der Waals surface area contributed by atoms with Gasteiger partial charge in [-0.25, -0.2) is 0 Å². The molecule has 0 unspecified atom stereocenters. The Kier molecular flexibility index (Phi) is 7.37. The topological polar surface area (TPSA) is 99.9 Å². The van der Waals surface area contributed by atoms with Crippen LogP contribution in [0.3, 0.4) is 0 Å². The molecule has 0 saturated carbocycles. The minimum atomic E-state index is -5.89. The SMILES string of the molecule is COc1ccc(Oc2cc(C(F)(F)C(F)(F)F)ccc2C(=O)Nc2cccc(C(N)=O)c2)c(OC)c1. The zero-order chi connectivity index (χ0) is 26.7. The predicted molar refractivity (Wildman–Crippen MR) is 119 cm³/mol. The number of benzene rings is 3. The summed E-state index contributed by atoms with van der Waals surface area (Å²) in [4.78, 5) is 24.3. The molecule has 0 spiro atoms. The van der Waals surface area contributed by atoms with E-state index in [0.717, 1.165) is 6.07 Å². The van der Waals surface area contributed by atoms with Gasteiger partial charge in [-0.3, -0.25) is 9.59 Å². The van der Waals surface area contributed by atoms with Crippen molar-refractivity contribution in [3.8, 4) is 23.0 Å². The van der Waals surface area contributed by atoms with Crippen LogP contribution in [0.25, 0.3) is 0 Å². The lowest BCUT2D eigenvalue weighted by Gasteiger charge is -2.21. The van der Waals surface area contributed by atoms with Crippen molar-refractivity contribution in [2.45, 2.75) is 12.1 Å². The highest BCUT2D eigenvalue weighted by Gasteiger charge is 2.58. The first-order valence-electron chi connectivity index (χ1n) is 10.1. The molecule has 0 aliphatic rings. The number of hydrogen-bond acceptors (Lipinski definition) is 5. The summed E-state index contributed by atoms with van der Waals surface area (Å²) in [5.41, 5.74) is 3.60. The summed E-state index contributed by atoms with van der Waals surface area (Å²) in [7, 11) is 2.66. The van der Waals surface area contributed by atoms with Gasteiger partial charge in [-0.15, -0.1) is 0 Å². The van der Waals surface area contributed by atoms with E-state index in [1.54, 1.807) is 0 Å².